The fourth-order valence-corrected chi connectivity index (χ4v) is 6.13. The van der Waals surface area contributed by atoms with Gasteiger partial charge in [0.25, 0.3) is 5.69 Å². The predicted molar refractivity (Wildman–Crippen MR) is 160 cm³/mol. The Morgan fingerprint density at radius 2 is 1.90 bits per heavy atom. The van der Waals surface area contributed by atoms with E-state index in [1.54, 1.807) is 18.3 Å². The number of aromatic nitrogens is 2. The molecule has 2 N–H and O–H groups in total. The Labute approximate surface area is 243 Å². The maximum Gasteiger partial charge on any atom is 0.351 e. The Bertz CT molecular complexity index is 1300. The van der Waals surface area contributed by atoms with Crippen LogP contribution in [0.5, 0.6) is 5.75 Å². The van der Waals surface area contributed by atoms with Gasteiger partial charge in [0, 0.05) is 24.2 Å². The summed E-state index contributed by atoms with van der Waals surface area (Å²) in [5.41, 5.74) is 5.92. The standard InChI is InChI=1S/C29H46N4O7Si/c1-11-22-23(40-41(9,10)29(5,6)7)15-24(39-22)32-16-18(26(30)31-27(32)34)17-38-25(28(2,3)4)20-14-19(37-8)12-13-21(20)33(35)36/h12-14,16,22-25H,11,15,17H2,1-10H3,(H2,30,31,34)/t22-,23?,24-,25-/m1/s1. The van der Waals surface area contributed by atoms with E-state index >= 15 is 0 Å². The number of benzene rings is 1. The molecule has 1 aliphatic heterocycles. The van der Waals surface area contributed by atoms with E-state index in [4.69, 9.17) is 24.4 Å². The summed E-state index contributed by atoms with van der Waals surface area (Å²) in [6, 6.07) is 4.58. The number of nitro groups is 1. The van der Waals surface area contributed by atoms with Crippen LogP contribution in [0.25, 0.3) is 0 Å². The highest BCUT2D eigenvalue weighted by molar-refractivity contribution is 6.74. The third-order valence-corrected chi connectivity index (χ3v) is 12.6. The van der Waals surface area contributed by atoms with Crippen LogP contribution in [0.3, 0.4) is 0 Å². The Morgan fingerprint density at radius 3 is 2.44 bits per heavy atom. The molecular formula is C29H46N4O7Si. The summed E-state index contributed by atoms with van der Waals surface area (Å²) in [5.74, 6) is 0.523. The molecule has 0 saturated carbocycles. The lowest BCUT2D eigenvalue weighted by atomic mass is 9.83. The van der Waals surface area contributed by atoms with Crippen molar-refractivity contribution in [2.24, 2.45) is 5.41 Å². The normalized spacial score (nSPS) is 20.7. The van der Waals surface area contributed by atoms with Gasteiger partial charge in [0.05, 0.1) is 42.5 Å². The van der Waals surface area contributed by atoms with Crippen molar-refractivity contribution in [1.82, 2.24) is 9.55 Å². The van der Waals surface area contributed by atoms with Crippen molar-refractivity contribution in [2.45, 2.75) is 111 Å². The minimum Gasteiger partial charge on any atom is -0.497 e. The molecule has 1 aliphatic rings. The minimum absolute atomic E-state index is 0.0246. The molecular weight excluding hydrogens is 544 g/mol. The van der Waals surface area contributed by atoms with Gasteiger partial charge in [-0.1, -0.05) is 48.5 Å². The molecule has 11 nitrogen and oxygen atoms in total. The summed E-state index contributed by atoms with van der Waals surface area (Å²) in [4.78, 5) is 28.4. The van der Waals surface area contributed by atoms with Crippen LogP contribution in [-0.4, -0.2) is 42.1 Å². The molecule has 0 aliphatic carbocycles. The first-order valence-corrected chi connectivity index (χ1v) is 16.9. The van der Waals surface area contributed by atoms with Crippen LogP contribution in [0.4, 0.5) is 11.5 Å². The SMILES string of the molecule is CC[C@H]1O[C@@H](n2cc(CO[C@H](c3cc(OC)ccc3[N+](=O)[O-])C(C)(C)C)c(N)nc2=O)CC1O[Si](C)(C)C(C)(C)C. The van der Waals surface area contributed by atoms with E-state index in [9.17, 15) is 14.9 Å². The number of rotatable bonds is 10. The van der Waals surface area contributed by atoms with Crippen molar-refractivity contribution >= 4 is 19.8 Å². The van der Waals surface area contributed by atoms with Crippen LogP contribution in [0, 0.1) is 15.5 Å². The Kier molecular flexibility index (Phi) is 9.73. The van der Waals surface area contributed by atoms with Crippen molar-refractivity contribution in [3.05, 3.63) is 56.1 Å². The zero-order chi connectivity index (χ0) is 30.9. The molecule has 2 heterocycles. The van der Waals surface area contributed by atoms with Crippen LogP contribution in [0.2, 0.25) is 18.1 Å². The number of nitrogen functional groups attached to an aromatic ring is 1. The summed E-state index contributed by atoms with van der Waals surface area (Å²) in [6.07, 6.45) is 1.33. The number of nitro benzene ring substituents is 1. The zero-order valence-corrected chi connectivity index (χ0v) is 27.0. The van der Waals surface area contributed by atoms with Gasteiger partial charge in [-0.05, 0) is 42.1 Å². The monoisotopic (exact) mass is 590 g/mol. The molecule has 0 spiro atoms. The molecule has 1 aromatic carbocycles. The number of hydrogen-bond donors (Lipinski definition) is 1. The second-order valence-electron chi connectivity index (χ2n) is 13.3. The first-order chi connectivity index (χ1) is 18.9. The van der Waals surface area contributed by atoms with E-state index in [1.807, 2.05) is 27.7 Å². The van der Waals surface area contributed by atoms with Gasteiger partial charge < -0.3 is 24.4 Å². The van der Waals surface area contributed by atoms with Gasteiger partial charge in [-0.25, -0.2) is 4.79 Å². The molecule has 228 valence electrons. The summed E-state index contributed by atoms with van der Waals surface area (Å²) in [7, 11) is -0.564. The molecule has 41 heavy (non-hydrogen) atoms. The van der Waals surface area contributed by atoms with Crippen molar-refractivity contribution in [1.29, 1.82) is 0 Å². The van der Waals surface area contributed by atoms with E-state index < -0.39 is 36.7 Å². The third-order valence-electron chi connectivity index (χ3n) is 8.11. The van der Waals surface area contributed by atoms with Gasteiger partial charge in [0.2, 0.25) is 0 Å². The lowest BCUT2D eigenvalue weighted by Gasteiger charge is -2.39. The number of hydrogen-bond acceptors (Lipinski definition) is 9. The number of methoxy groups -OCH3 is 1. The molecule has 3 rings (SSSR count). The largest absolute Gasteiger partial charge is 0.497 e. The highest BCUT2D eigenvalue weighted by Crippen LogP contribution is 2.43. The molecule has 0 bridgehead atoms. The molecule has 1 fully saturated rings. The quantitative estimate of drug-likeness (QED) is 0.196. The van der Waals surface area contributed by atoms with E-state index in [1.165, 1.54) is 17.7 Å². The zero-order valence-electron chi connectivity index (χ0n) is 26.0. The molecule has 4 atom stereocenters. The van der Waals surface area contributed by atoms with E-state index in [2.05, 4.69) is 38.8 Å². The Hall–Kier alpha value is -2.80. The van der Waals surface area contributed by atoms with Gasteiger partial charge in [0.15, 0.2) is 8.32 Å². The summed E-state index contributed by atoms with van der Waals surface area (Å²) in [5, 5.41) is 11.9. The number of anilines is 1. The van der Waals surface area contributed by atoms with Gasteiger partial charge in [-0.15, -0.1) is 0 Å². The average molecular weight is 591 g/mol. The highest BCUT2D eigenvalue weighted by Gasteiger charge is 2.45. The fourth-order valence-electron chi connectivity index (χ4n) is 4.77. The average Bonchev–Trinajstić information content (AvgIpc) is 3.25. The molecule has 12 heteroatoms. The van der Waals surface area contributed by atoms with Crippen LogP contribution in [0.1, 0.15) is 84.8 Å². The van der Waals surface area contributed by atoms with Gasteiger partial charge >= 0.3 is 5.69 Å². The highest BCUT2D eigenvalue weighted by atomic mass is 28.4. The first kappa shape index (κ1) is 32.7. The second-order valence-corrected chi connectivity index (χ2v) is 18.0. The molecule has 0 amide bonds. The van der Waals surface area contributed by atoms with Crippen molar-refractivity contribution < 1.29 is 23.6 Å². The van der Waals surface area contributed by atoms with Crippen molar-refractivity contribution in [3.63, 3.8) is 0 Å². The maximum atomic E-state index is 13.0. The number of ether oxygens (including phenoxy) is 3. The number of nitrogens with two attached hydrogens (primary N) is 1. The van der Waals surface area contributed by atoms with E-state index in [0.29, 0.717) is 23.3 Å². The van der Waals surface area contributed by atoms with Gasteiger partial charge in [0.1, 0.15) is 17.8 Å². The summed E-state index contributed by atoms with van der Waals surface area (Å²) < 4.78 is 26.1. The topological polar surface area (TPSA) is 141 Å². The smallest absolute Gasteiger partial charge is 0.351 e. The molecule has 1 saturated heterocycles. The summed E-state index contributed by atoms with van der Waals surface area (Å²) >= 11 is 0. The second kappa shape index (κ2) is 12.2. The van der Waals surface area contributed by atoms with Crippen molar-refractivity contribution in [3.8, 4) is 5.75 Å². The van der Waals surface area contributed by atoms with Crippen LogP contribution in [0.15, 0.2) is 29.2 Å². The lowest BCUT2D eigenvalue weighted by Crippen LogP contribution is -2.45. The summed E-state index contributed by atoms with van der Waals surface area (Å²) in [6.45, 7) is 18.8. The van der Waals surface area contributed by atoms with Gasteiger partial charge in [-0.2, -0.15) is 4.98 Å². The Morgan fingerprint density at radius 1 is 1.24 bits per heavy atom. The lowest BCUT2D eigenvalue weighted by molar-refractivity contribution is -0.386. The maximum absolute atomic E-state index is 13.0. The molecule has 0 radical (unpaired) electrons. The first-order valence-electron chi connectivity index (χ1n) is 14.0. The third kappa shape index (κ3) is 7.35. The van der Waals surface area contributed by atoms with Crippen molar-refractivity contribution in [2.75, 3.05) is 12.8 Å². The van der Waals surface area contributed by atoms with Crippen LogP contribution in [-0.2, 0) is 20.5 Å². The minimum atomic E-state index is -2.07. The fraction of sp³-hybridized carbons (Fsp3) is 0.655. The number of nitrogens with zero attached hydrogens (tertiary/aromatic N) is 3. The molecule has 2 aromatic rings. The van der Waals surface area contributed by atoms with Crippen LogP contribution >= 0.6 is 0 Å². The molecule has 1 unspecified atom stereocenters. The van der Waals surface area contributed by atoms with E-state index in [0.717, 1.165) is 6.42 Å². The van der Waals surface area contributed by atoms with E-state index in [-0.39, 0.29) is 35.4 Å². The van der Waals surface area contributed by atoms with Gasteiger partial charge in [-0.3, -0.25) is 14.7 Å². The molecule has 1 aromatic heterocycles. The van der Waals surface area contributed by atoms with Crippen LogP contribution < -0.4 is 16.2 Å². The predicted octanol–water partition coefficient (Wildman–Crippen LogP) is 6.13. The Balaban J connectivity index is 1.91.